The molecule has 3 heteroatoms. The second-order valence-corrected chi connectivity index (χ2v) is 5.29. The van der Waals surface area contributed by atoms with Crippen LogP contribution in [0, 0.1) is 5.41 Å². The van der Waals surface area contributed by atoms with Crippen molar-refractivity contribution in [2.45, 2.75) is 39.2 Å². The minimum absolute atomic E-state index is 0.263. The Morgan fingerprint density at radius 2 is 2.23 bits per heavy atom. The monoisotopic (exact) mass is 196 g/mol. The maximum Gasteiger partial charge on any atom is 0.0925 e. The highest BCUT2D eigenvalue weighted by molar-refractivity contribution is 7.09. The van der Waals surface area contributed by atoms with E-state index in [1.165, 1.54) is 10.7 Å². The number of rotatable bonds is 2. The van der Waals surface area contributed by atoms with Crippen molar-refractivity contribution in [3.63, 3.8) is 0 Å². The number of hydrogen-bond donors (Lipinski definition) is 1. The standard InChI is InChI=1S/C10H16N2S/c1-4-7-12-6(5-13-7)8-9(11)10(8,2)3/h5,8-9H,4,11H2,1-3H3. The Morgan fingerprint density at radius 1 is 1.62 bits per heavy atom. The first kappa shape index (κ1) is 9.16. The highest BCUT2D eigenvalue weighted by atomic mass is 32.1. The number of nitrogens with two attached hydrogens (primary N) is 1. The van der Waals surface area contributed by atoms with Gasteiger partial charge in [0.15, 0.2) is 0 Å². The van der Waals surface area contributed by atoms with E-state index in [0.717, 1.165) is 6.42 Å². The molecule has 0 aliphatic heterocycles. The van der Waals surface area contributed by atoms with E-state index in [0.29, 0.717) is 12.0 Å². The maximum absolute atomic E-state index is 5.99. The number of aromatic nitrogens is 1. The molecule has 72 valence electrons. The van der Waals surface area contributed by atoms with Gasteiger partial charge in [0.25, 0.3) is 0 Å². The summed E-state index contributed by atoms with van der Waals surface area (Å²) >= 11 is 1.75. The van der Waals surface area contributed by atoms with Crippen LogP contribution >= 0.6 is 11.3 Å². The molecule has 1 aliphatic rings. The molecule has 0 bridgehead atoms. The Morgan fingerprint density at radius 3 is 2.62 bits per heavy atom. The van der Waals surface area contributed by atoms with Crippen molar-refractivity contribution < 1.29 is 0 Å². The SMILES string of the molecule is CCc1nc(C2C(N)C2(C)C)cs1. The first-order valence-corrected chi connectivity index (χ1v) is 5.65. The molecule has 2 atom stereocenters. The largest absolute Gasteiger partial charge is 0.327 e. The molecular weight excluding hydrogens is 180 g/mol. The third-order valence-electron chi connectivity index (χ3n) is 3.10. The fourth-order valence-electron chi connectivity index (χ4n) is 1.87. The fourth-order valence-corrected chi connectivity index (χ4v) is 2.65. The van der Waals surface area contributed by atoms with Crippen LogP contribution in [0.4, 0.5) is 0 Å². The van der Waals surface area contributed by atoms with Crippen LogP contribution in [0.25, 0.3) is 0 Å². The lowest BCUT2D eigenvalue weighted by molar-refractivity contribution is 0.596. The topological polar surface area (TPSA) is 38.9 Å². The van der Waals surface area contributed by atoms with Gasteiger partial charge in [0, 0.05) is 17.3 Å². The van der Waals surface area contributed by atoms with Gasteiger partial charge in [-0.3, -0.25) is 0 Å². The van der Waals surface area contributed by atoms with Crippen LogP contribution in [0.5, 0.6) is 0 Å². The molecule has 13 heavy (non-hydrogen) atoms. The lowest BCUT2D eigenvalue weighted by Crippen LogP contribution is -2.06. The lowest BCUT2D eigenvalue weighted by Gasteiger charge is -1.97. The number of hydrogen-bond acceptors (Lipinski definition) is 3. The molecule has 2 rings (SSSR count). The molecule has 1 saturated carbocycles. The highest BCUT2D eigenvalue weighted by Gasteiger charge is 2.57. The maximum atomic E-state index is 5.99. The molecule has 2 nitrogen and oxygen atoms in total. The molecule has 1 heterocycles. The van der Waals surface area contributed by atoms with Gasteiger partial charge in [0.05, 0.1) is 10.7 Å². The molecule has 0 spiro atoms. The summed E-state index contributed by atoms with van der Waals surface area (Å²) in [7, 11) is 0. The predicted octanol–water partition coefficient (Wildman–Crippen LogP) is 2.16. The molecule has 2 N–H and O–H groups in total. The summed E-state index contributed by atoms with van der Waals surface area (Å²) in [6.07, 6.45) is 1.03. The normalized spacial score (nSPS) is 30.5. The van der Waals surface area contributed by atoms with E-state index < -0.39 is 0 Å². The lowest BCUT2D eigenvalue weighted by atomic mass is 10.1. The molecule has 1 aromatic rings. The molecule has 1 aromatic heterocycles. The van der Waals surface area contributed by atoms with Gasteiger partial charge in [-0.05, 0) is 11.8 Å². The fraction of sp³-hybridized carbons (Fsp3) is 0.700. The smallest absolute Gasteiger partial charge is 0.0925 e. The van der Waals surface area contributed by atoms with Gasteiger partial charge in [-0.2, -0.15) is 0 Å². The molecular formula is C10H16N2S. The summed E-state index contributed by atoms with van der Waals surface area (Å²) in [6.45, 7) is 6.57. The average Bonchev–Trinajstić information content (AvgIpc) is 2.55. The summed E-state index contributed by atoms with van der Waals surface area (Å²) in [5, 5.41) is 3.39. The van der Waals surface area contributed by atoms with Crippen LogP contribution in [0.1, 0.15) is 37.4 Å². The van der Waals surface area contributed by atoms with E-state index in [4.69, 9.17) is 5.73 Å². The molecule has 1 aliphatic carbocycles. The molecule has 0 amide bonds. The second-order valence-electron chi connectivity index (χ2n) is 4.34. The third kappa shape index (κ3) is 1.30. The predicted molar refractivity (Wildman–Crippen MR) is 56.0 cm³/mol. The second kappa shape index (κ2) is 2.79. The van der Waals surface area contributed by atoms with Crippen molar-refractivity contribution in [2.24, 2.45) is 11.1 Å². The Kier molecular flexibility index (Phi) is 1.96. The molecule has 0 saturated heterocycles. The quantitative estimate of drug-likeness (QED) is 0.787. The Balaban J connectivity index is 2.19. The average molecular weight is 196 g/mol. The van der Waals surface area contributed by atoms with Crippen molar-refractivity contribution in [3.8, 4) is 0 Å². The van der Waals surface area contributed by atoms with E-state index in [2.05, 4.69) is 31.1 Å². The van der Waals surface area contributed by atoms with Crippen molar-refractivity contribution in [2.75, 3.05) is 0 Å². The highest BCUT2D eigenvalue weighted by Crippen LogP contribution is 2.57. The van der Waals surface area contributed by atoms with Gasteiger partial charge >= 0.3 is 0 Å². The van der Waals surface area contributed by atoms with Gasteiger partial charge in [-0.1, -0.05) is 20.8 Å². The van der Waals surface area contributed by atoms with Crippen LogP contribution in [0.15, 0.2) is 5.38 Å². The molecule has 0 aromatic carbocycles. The Bertz CT molecular complexity index is 316. The van der Waals surface area contributed by atoms with Gasteiger partial charge in [-0.25, -0.2) is 4.98 Å². The first-order chi connectivity index (χ1) is 6.07. The van der Waals surface area contributed by atoms with Gasteiger partial charge in [0.1, 0.15) is 0 Å². The molecule has 2 unspecified atom stereocenters. The Labute approximate surface area is 83.2 Å². The van der Waals surface area contributed by atoms with Crippen molar-refractivity contribution >= 4 is 11.3 Å². The summed E-state index contributed by atoms with van der Waals surface area (Å²) < 4.78 is 0. The molecule has 0 radical (unpaired) electrons. The van der Waals surface area contributed by atoms with Crippen LogP contribution in [0.2, 0.25) is 0 Å². The zero-order valence-electron chi connectivity index (χ0n) is 8.37. The third-order valence-corrected chi connectivity index (χ3v) is 4.11. The van der Waals surface area contributed by atoms with Crippen LogP contribution in [-0.2, 0) is 6.42 Å². The van der Waals surface area contributed by atoms with Crippen molar-refractivity contribution in [1.29, 1.82) is 0 Å². The minimum atomic E-state index is 0.263. The zero-order chi connectivity index (χ0) is 9.64. The van der Waals surface area contributed by atoms with Crippen LogP contribution < -0.4 is 5.73 Å². The first-order valence-electron chi connectivity index (χ1n) is 4.77. The van der Waals surface area contributed by atoms with Crippen molar-refractivity contribution in [1.82, 2.24) is 4.98 Å². The number of thiazole rings is 1. The van der Waals surface area contributed by atoms with Gasteiger partial charge in [-0.15, -0.1) is 11.3 Å². The van der Waals surface area contributed by atoms with Crippen LogP contribution in [0.3, 0.4) is 0 Å². The van der Waals surface area contributed by atoms with Gasteiger partial charge in [0.2, 0.25) is 0 Å². The number of aryl methyl sites for hydroxylation is 1. The molecule has 1 fully saturated rings. The van der Waals surface area contributed by atoms with E-state index in [1.54, 1.807) is 11.3 Å². The van der Waals surface area contributed by atoms with Crippen molar-refractivity contribution in [3.05, 3.63) is 16.1 Å². The summed E-state index contributed by atoms with van der Waals surface area (Å²) in [4.78, 5) is 4.58. The van der Waals surface area contributed by atoms with Gasteiger partial charge < -0.3 is 5.73 Å². The summed E-state index contributed by atoms with van der Waals surface area (Å²) in [6, 6.07) is 0.305. The summed E-state index contributed by atoms with van der Waals surface area (Å²) in [5.74, 6) is 0.490. The van der Waals surface area contributed by atoms with E-state index >= 15 is 0 Å². The van der Waals surface area contributed by atoms with E-state index in [1.807, 2.05) is 0 Å². The van der Waals surface area contributed by atoms with E-state index in [9.17, 15) is 0 Å². The minimum Gasteiger partial charge on any atom is -0.327 e. The number of nitrogens with zero attached hydrogens (tertiary/aromatic N) is 1. The van der Waals surface area contributed by atoms with Crippen LogP contribution in [-0.4, -0.2) is 11.0 Å². The van der Waals surface area contributed by atoms with E-state index in [-0.39, 0.29) is 5.41 Å². The zero-order valence-corrected chi connectivity index (χ0v) is 9.19. The Hall–Kier alpha value is -0.410. The summed E-state index contributed by atoms with van der Waals surface area (Å²) in [5.41, 5.74) is 7.46.